The van der Waals surface area contributed by atoms with Gasteiger partial charge < -0.3 is 14.4 Å². The minimum atomic E-state index is -1.04. The molecule has 1 aromatic carbocycles. The third-order valence-corrected chi connectivity index (χ3v) is 3.15. The molecule has 0 spiro atoms. The molecule has 0 aliphatic rings. The molecule has 0 aliphatic heterocycles. The molecule has 0 amide bonds. The lowest BCUT2D eigenvalue weighted by Gasteiger charge is -2.33. The van der Waals surface area contributed by atoms with Crippen LogP contribution in [-0.4, -0.2) is 28.6 Å². The molecule has 96 valence electrons. The average molecular weight is 250 g/mol. The number of oxazole rings is 1. The number of nitrogens with one attached hydrogen (secondary N) is 1. The van der Waals surface area contributed by atoms with Crippen molar-refractivity contribution >= 4 is 22.8 Å². The van der Waals surface area contributed by atoms with E-state index in [1.807, 2.05) is 0 Å². The summed E-state index contributed by atoms with van der Waals surface area (Å²) in [6.07, 6.45) is 0. The summed E-state index contributed by atoms with van der Waals surface area (Å²) in [6, 6.07) is 5.03. The van der Waals surface area contributed by atoms with Crippen LogP contribution in [0.5, 0.6) is 0 Å². The molecule has 2 rings (SSSR count). The Balaban J connectivity index is 2.48. The largest absolute Gasteiger partial charge is 0.480 e. The van der Waals surface area contributed by atoms with Gasteiger partial charge in [0.1, 0.15) is 5.54 Å². The van der Waals surface area contributed by atoms with Gasteiger partial charge in [-0.05, 0) is 32.0 Å². The van der Waals surface area contributed by atoms with E-state index in [9.17, 15) is 14.7 Å². The van der Waals surface area contributed by atoms with E-state index in [2.05, 4.69) is 4.98 Å². The topological polar surface area (TPSA) is 86.5 Å². The monoisotopic (exact) mass is 250 g/mol. The third-order valence-electron chi connectivity index (χ3n) is 3.15. The van der Waals surface area contributed by atoms with Crippen LogP contribution in [0.25, 0.3) is 11.1 Å². The van der Waals surface area contributed by atoms with E-state index in [4.69, 9.17) is 4.42 Å². The number of nitrogens with zero attached hydrogens (tertiary/aromatic N) is 1. The van der Waals surface area contributed by atoms with Crippen LogP contribution in [-0.2, 0) is 4.79 Å². The average Bonchev–Trinajstić information content (AvgIpc) is 2.66. The van der Waals surface area contributed by atoms with Crippen molar-refractivity contribution < 1.29 is 14.3 Å². The Kier molecular flexibility index (Phi) is 2.65. The van der Waals surface area contributed by atoms with Crippen LogP contribution in [0.2, 0.25) is 0 Å². The number of carboxylic acid groups (broad SMARTS) is 1. The standard InChI is InChI=1S/C12H14N2O4/c1-12(2,10(15)16)14(3)7-4-5-9-8(6-7)13-11(17)18-9/h4-6H,1-3H3,(H,13,17)(H,15,16). The summed E-state index contributed by atoms with van der Waals surface area (Å²) < 4.78 is 4.89. The maximum absolute atomic E-state index is 11.2. The van der Waals surface area contributed by atoms with Gasteiger partial charge in [0.05, 0.1) is 5.52 Å². The first-order valence-electron chi connectivity index (χ1n) is 5.42. The number of anilines is 1. The molecule has 0 fully saturated rings. The minimum absolute atomic E-state index is 0.449. The highest BCUT2D eigenvalue weighted by Crippen LogP contribution is 2.25. The summed E-state index contributed by atoms with van der Waals surface area (Å²) in [5.74, 6) is -1.45. The normalized spacial score (nSPS) is 11.7. The van der Waals surface area contributed by atoms with Crippen LogP contribution in [0.3, 0.4) is 0 Å². The predicted octanol–water partition coefficient (Wildman–Crippen LogP) is 1.42. The predicted molar refractivity (Wildman–Crippen MR) is 67.0 cm³/mol. The summed E-state index contributed by atoms with van der Waals surface area (Å²) in [5.41, 5.74) is 0.639. The highest BCUT2D eigenvalue weighted by Gasteiger charge is 2.32. The van der Waals surface area contributed by atoms with Gasteiger partial charge in [0.15, 0.2) is 5.58 Å². The van der Waals surface area contributed by atoms with Crippen molar-refractivity contribution in [3.63, 3.8) is 0 Å². The molecule has 1 aromatic heterocycles. The zero-order valence-electron chi connectivity index (χ0n) is 10.4. The van der Waals surface area contributed by atoms with Crippen molar-refractivity contribution in [3.8, 4) is 0 Å². The molecule has 0 saturated heterocycles. The Labute approximate surface area is 103 Å². The Morgan fingerprint density at radius 1 is 1.44 bits per heavy atom. The number of carboxylic acids is 1. The second kappa shape index (κ2) is 3.90. The van der Waals surface area contributed by atoms with Crippen LogP contribution < -0.4 is 10.7 Å². The number of aromatic amines is 1. The lowest BCUT2D eigenvalue weighted by molar-refractivity contribution is -0.142. The van der Waals surface area contributed by atoms with Gasteiger partial charge in [0, 0.05) is 12.7 Å². The second-order valence-electron chi connectivity index (χ2n) is 4.62. The van der Waals surface area contributed by atoms with E-state index in [0.717, 1.165) is 0 Å². The molecule has 0 radical (unpaired) electrons. The number of rotatable bonds is 3. The van der Waals surface area contributed by atoms with E-state index in [1.165, 1.54) is 0 Å². The lowest BCUT2D eigenvalue weighted by Crippen LogP contribution is -2.48. The molecule has 2 aromatic rings. The second-order valence-corrected chi connectivity index (χ2v) is 4.62. The SMILES string of the molecule is CN(c1ccc2oc(=O)[nH]c2c1)C(C)(C)C(=O)O. The van der Waals surface area contributed by atoms with Crippen molar-refractivity contribution in [2.45, 2.75) is 19.4 Å². The van der Waals surface area contributed by atoms with Crippen LogP contribution in [0.15, 0.2) is 27.4 Å². The molecule has 1 heterocycles. The van der Waals surface area contributed by atoms with Gasteiger partial charge >= 0.3 is 11.7 Å². The molecule has 18 heavy (non-hydrogen) atoms. The first kappa shape index (κ1) is 12.2. The van der Waals surface area contributed by atoms with Crippen LogP contribution in [0.1, 0.15) is 13.8 Å². The maximum Gasteiger partial charge on any atom is 0.417 e. The first-order valence-corrected chi connectivity index (χ1v) is 5.42. The summed E-state index contributed by atoms with van der Waals surface area (Å²) in [4.78, 5) is 26.4. The molecule has 0 unspecified atom stereocenters. The molecule has 6 nitrogen and oxygen atoms in total. The van der Waals surface area contributed by atoms with Gasteiger partial charge in [-0.3, -0.25) is 4.98 Å². The number of carbonyl (C=O) groups is 1. The van der Waals surface area contributed by atoms with E-state index in [0.29, 0.717) is 16.8 Å². The van der Waals surface area contributed by atoms with Crippen LogP contribution in [0.4, 0.5) is 5.69 Å². The number of likely N-dealkylation sites (N-methyl/N-ethyl adjacent to an activating group) is 1. The molecular weight excluding hydrogens is 236 g/mol. The summed E-state index contributed by atoms with van der Waals surface area (Å²) in [6.45, 7) is 3.22. The fraction of sp³-hybridized carbons (Fsp3) is 0.333. The van der Waals surface area contributed by atoms with E-state index in [1.54, 1.807) is 44.0 Å². The summed E-state index contributed by atoms with van der Waals surface area (Å²) in [5, 5.41) is 9.17. The van der Waals surface area contributed by atoms with Crippen molar-refractivity contribution in [2.24, 2.45) is 0 Å². The van der Waals surface area contributed by atoms with Gasteiger partial charge in [-0.25, -0.2) is 9.59 Å². The van der Waals surface area contributed by atoms with Crippen LogP contribution in [0, 0.1) is 0 Å². The molecule has 0 saturated carbocycles. The summed E-state index contributed by atoms with van der Waals surface area (Å²) >= 11 is 0. The zero-order valence-corrected chi connectivity index (χ0v) is 10.4. The van der Waals surface area contributed by atoms with Crippen LogP contribution >= 0.6 is 0 Å². The number of benzene rings is 1. The molecular formula is C12H14N2O4. The molecule has 2 N–H and O–H groups in total. The van der Waals surface area contributed by atoms with Crippen molar-refractivity contribution in [2.75, 3.05) is 11.9 Å². The number of H-pyrrole nitrogens is 1. The summed E-state index contributed by atoms with van der Waals surface area (Å²) in [7, 11) is 1.69. The van der Waals surface area contributed by atoms with E-state index >= 15 is 0 Å². The Hall–Kier alpha value is -2.24. The van der Waals surface area contributed by atoms with Gasteiger partial charge in [0.25, 0.3) is 0 Å². The maximum atomic E-state index is 11.2. The third kappa shape index (κ3) is 1.85. The van der Waals surface area contributed by atoms with Crippen molar-refractivity contribution in [1.29, 1.82) is 0 Å². The van der Waals surface area contributed by atoms with Gasteiger partial charge in [-0.2, -0.15) is 0 Å². The van der Waals surface area contributed by atoms with Crippen molar-refractivity contribution in [3.05, 3.63) is 28.7 Å². The minimum Gasteiger partial charge on any atom is -0.480 e. The van der Waals surface area contributed by atoms with Gasteiger partial charge in [0.2, 0.25) is 0 Å². The Bertz CT molecular complexity index is 653. The molecule has 6 heteroatoms. The highest BCUT2D eigenvalue weighted by molar-refractivity contribution is 5.84. The zero-order chi connectivity index (χ0) is 13.5. The van der Waals surface area contributed by atoms with Gasteiger partial charge in [-0.15, -0.1) is 0 Å². The number of hydrogen-bond donors (Lipinski definition) is 2. The van der Waals surface area contributed by atoms with Gasteiger partial charge in [-0.1, -0.05) is 0 Å². The fourth-order valence-electron chi connectivity index (χ4n) is 1.61. The number of hydrogen-bond acceptors (Lipinski definition) is 4. The van der Waals surface area contributed by atoms with E-state index < -0.39 is 17.3 Å². The number of aromatic nitrogens is 1. The first-order chi connectivity index (χ1) is 8.32. The molecule has 0 atom stereocenters. The fourth-order valence-corrected chi connectivity index (χ4v) is 1.61. The highest BCUT2D eigenvalue weighted by atomic mass is 16.4. The number of aliphatic carboxylic acids is 1. The molecule has 0 aliphatic carbocycles. The Morgan fingerprint density at radius 3 is 2.72 bits per heavy atom. The Morgan fingerprint density at radius 2 is 2.11 bits per heavy atom. The van der Waals surface area contributed by atoms with E-state index in [-0.39, 0.29) is 0 Å². The van der Waals surface area contributed by atoms with Crippen molar-refractivity contribution in [1.82, 2.24) is 4.98 Å². The molecule has 0 bridgehead atoms. The smallest absolute Gasteiger partial charge is 0.417 e. The quantitative estimate of drug-likeness (QED) is 0.860. The lowest BCUT2D eigenvalue weighted by atomic mass is 10.0. The number of fused-ring (bicyclic) bond motifs is 1.